The van der Waals surface area contributed by atoms with Gasteiger partial charge in [0.1, 0.15) is 0 Å². The molecule has 24 heavy (non-hydrogen) atoms. The highest BCUT2D eigenvalue weighted by Crippen LogP contribution is 2.37. The van der Waals surface area contributed by atoms with E-state index in [-0.39, 0.29) is 40.7 Å². The number of alkyl halides is 3. The maximum atomic E-state index is 12.4. The van der Waals surface area contributed by atoms with E-state index in [2.05, 4.69) is 10.6 Å². The summed E-state index contributed by atoms with van der Waals surface area (Å²) in [6.07, 6.45) is 1.08. The van der Waals surface area contributed by atoms with Crippen molar-refractivity contribution in [2.45, 2.75) is 36.2 Å². The average molecular weight is 361 g/mol. The van der Waals surface area contributed by atoms with E-state index in [0.717, 1.165) is 6.42 Å². The summed E-state index contributed by atoms with van der Waals surface area (Å²) < 4.78 is 37.1. The fraction of sp³-hybridized carbons (Fsp3) is 0.467. The summed E-state index contributed by atoms with van der Waals surface area (Å²) in [6, 6.07) is 4.67. The minimum absolute atomic E-state index is 0.00859. The van der Waals surface area contributed by atoms with Crippen LogP contribution in [0.2, 0.25) is 0 Å². The van der Waals surface area contributed by atoms with E-state index in [9.17, 15) is 22.8 Å². The maximum absolute atomic E-state index is 12.4. The van der Waals surface area contributed by atoms with Crippen molar-refractivity contribution >= 4 is 29.4 Å². The number of urea groups is 1. The monoisotopic (exact) mass is 361 g/mol. The molecule has 1 aromatic carbocycles. The Hall–Kier alpha value is -1.90. The predicted octanol–water partition coefficient (Wildman–Crippen LogP) is 3.43. The van der Waals surface area contributed by atoms with Gasteiger partial charge in [0.05, 0.1) is 6.04 Å². The number of halogens is 3. The topological polar surface area (TPSA) is 61.4 Å². The Morgan fingerprint density at radius 1 is 1.42 bits per heavy atom. The molecular weight excluding hydrogens is 343 g/mol. The van der Waals surface area contributed by atoms with Crippen LogP contribution in [0.4, 0.5) is 23.7 Å². The van der Waals surface area contributed by atoms with Crippen molar-refractivity contribution in [2.75, 3.05) is 18.4 Å². The molecule has 0 radical (unpaired) electrons. The van der Waals surface area contributed by atoms with Gasteiger partial charge in [0.2, 0.25) is 5.91 Å². The second-order valence-electron chi connectivity index (χ2n) is 5.41. The Morgan fingerprint density at radius 3 is 2.83 bits per heavy atom. The number of nitrogens with zero attached hydrogens (tertiary/aromatic N) is 1. The van der Waals surface area contributed by atoms with Gasteiger partial charge in [-0.05, 0) is 36.4 Å². The first-order chi connectivity index (χ1) is 11.3. The normalized spacial score (nSPS) is 17.9. The molecule has 1 saturated heterocycles. The number of hydrogen-bond acceptors (Lipinski definition) is 3. The van der Waals surface area contributed by atoms with Crippen molar-refractivity contribution in [3.05, 3.63) is 24.3 Å². The third-order valence-corrected chi connectivity index (χ3v) is 4.09. The SMILES string of the molecule is CCCN1C[C@@H](NC(=O)Nc2cccc(SC(F)(F)F)c2)CC1=O. The minimum Gasteiger partial charge on any atom is -0.341 e. The van der Waals surface area contributed by atoms with Gasteiger partial charge in [-0.3, -0.25) is 4.79 Å². The molecule has 0 unspecified atom stereocenters. The molecule has 5 nitrogen and oxygen atoms in total. The van der Waals surface area contributed by atoms with Gasteiger partial charge in [-0.15, -0.1) is 0 Å². The average Bonchev–Trinajstić information content (AvgIpc) is 2.77. The van der Waals surface area contributed by atoms with Crippen molar-refractivity contribution in [1.29, 1.82) is 0 Å². The number of carbonyl (C=O) groups is 2. The van der Waals surface area contributed by atoms with E-state index in [0.29, 0.717) is 13.1 Å². The summed E-state index contributed by atoms with van der Waals surface area (Å²) in [7, 11) is 0. The summed E-state index contributed by atoms with van der Waals surface area (Å²) in [4.78, 5) is 25.4. The lowest BCUT2D eigenvalue weighted by Gasteiger charge is -2.16. The van der Waals surface area contributed by atoms with E-state index in [1.807, 2.05) is 6.92 Å². The van der Waals surface area contributed by atoms with Gasteiger partial charge in [-0.1, -0.05) is 13.0 Å². The highest BCUT2D eigenvalue weighted by atomic mass is 32.2. The van der Waals surface area contributed by atoms with Gasteiger partial charge in [-0.25, -0.2) is 4.79 Å². The van der Waals surface area contributed by atoms with Crippen LogP contribution in [0, 0.1) is 0 Å². The van der Waals surface area contributed by atoms with Crippen molar-refractivity contribution in [3.8, 4) is 0 Å². The van der Waals surface area contributed by atoms with Crippen LogP contribution >= 0.6 is 11.8 Å². The quantitative estimate of drug-likeness (QED) is 0.790. The summed E-state index contributed by atoms with van der Waals surface area (Å²) in [5.74, 6) is -0.00859. The number of nitrogens with one attached hydrogen (secondary N) is 2. The Kier molecular flexibility index (Phi) is 5.98. The molecule has 1 heterocycles. The number of thioether (sulfide) groups is 1. The lowest BCUT2D eigenvalue weighted by Crippen LogP contribution is -2.39. The van der Waals surface area contributed by atoms with E-state index < -0.39 is 11.5 Å². The first-order valence-corrected chi connectivity index (χ1v) is 8.29. The second kappa shape index (κ2) is 7.78. The summed E-state index contributed by atoms with van der Waals surface area (Å²) in [5, 5.41) is 5.17. The number of benzene rings is 1. The van der Waals surface area contributed by atoms with E-state index >= 15 is 0 Å². The lowest BCUT2D eigenvalue weighted by molar-refractivity contribution is -0.127. The molecule has 0 spiro atoms. The number of hydrogen-bond donors (Lipinski definition) is 2. The second-order valence-corrected chi connectivity index (χ2v) is 6.55. The predicted molar refractivity (Wildman–Crippen MR) is 85.8 cm³/mol. The Morgan fingerprint density at radius 2 is 2.17 bits per heavy atom. The molecule has 132 valence electrons. The van der Waals surface area contributed by atoms with Crippen molar-refractivity contribution in [3.63, 3.8) is 0 Å². The lowest BCUT2D eigenvalue weighted by atomic mass is 10.2. The van der Waals surface area contributed by atoms with E-state index in [1.165, 1.54) is 24.3 Å². The van der Waals surface area contributed by atoms with Gasteiger partial charge in [0.25, 0.3) is 0 Å². The maximum Gasteiger partial charge on any atom is 0.446 e. The van der Waals surface area contributed by atoms with Crippen LogP contribution in [0.3, 0.4) is 0 Å². The molecule has 1 fully saturated rings. The van der Waals surface area contributed by atoms with Crippen LogP contribution in [-0.2, 0) is 4.79 Å². The molecule has 1 aromatic rings. The number of rotatable bonds is 5. The zero-order valence-electron chi connectivity index (χ0n) is 13.0. The molecular formula is C15H18F3N3O2S. The van der Waals surface area contributed by atoms with Crippen molar-refractivity contribution < 1.29 is 22.8 Å². The van der Waals surface area contributed by atoms with E-state index in [1.54, 1.807) is 4.90 Å². The number of amides is 3. The highest BCUT2D eigenvalue weighted by Gasteiger charge is 2.30. The Bertz CT molecular complexity index is 610. The molecule has 1 aliphatic rings. The van der Waals surface area contributed by atoms with Crippen LogP contribution in [0.25, 0.3) is 0 Å². The molecule has 3 amide bonds. The largest absolute Gasteiger partial charge is 0.446 e. The van der Waals surface area contributed by atoms with Crippen LogP contribution < -0.4 is 10.6 Å². The van der Waals surface area contributed by atoms with Gasteiger partial charge in [0, 0.05) is 30.1 Å². The molecule has 1 atom stereocenters. The zero-order chi connectivity index (χ0) is 17.7. The molecule has 0 aliphatic carbocycles. The first-order valence-electron chi connectivity index (χ1n) is 7.48. The van der Waals surface area contributed by atoms with Gasteiger partial charge < -0.3 is 15.5 Å². The van der Waals surface area contributed by atoms with Crippen molar-refractivity contribution in [1.82, 2.24) is 10.2 Å². The van der Waals surface area contributed by atoms with Gasteiger partial charge >= 0.3 is 11.5 Å². The zero-order valence-corrected chi connectivity index (χ0v) is 13.8. The molecule has 2 rings (SSSR count). The van der Waals surface area contributed by atoms with Gasteiger partial charge in [0.15, 0.2) is 0 Å². The fourth-order valence-electron chi connectivity index (χ4n) is 2.48. The number of carbonyl (C=O) groups excluding carboxylic acids is 2. The molecule has 9 heteroatoms. The first kappa shape index (κ1) is 18.4. The minimum atomic E-state index is -4.38. The molecule has 0 saturated carbocycles. The van der Waals surface area contributed by atoms with Gasteiger partial charge in [-0.2, -0.15) is 13.2 Å². The highest BCUT2D eigenvalue weighted by molar-refractivity contribution is 8.00. The van der Waals surface area contributed by atoms with Crippen molar-refractivity contribution in [2.24, 2.45) is 0 Å². The number of anilines is 1. The Labute approximate surface area is 142 Å². The molecule has 1 aliphatic heterocycles. The van der Waals surface area contributed by atoms with Crippen LogP contribution in [0.5, 0.6) is 0 Å². The Balaban J connectivity index is 1.89. The summed E-state index contributed by atoms with van der Waals surface area (Å²) in [6.45, 7) is 3.06. The fourth-order valence-corrected chi connectivity index (χ4v) is 3.08. The molecule has 0 aromatic heterocycles. The number of likely N-dealkylation sites (tertiary alicyclic amines) is 1. The standard InChI is InChI=1S/C15H18F3N3O2S/c1-2-6-21-9-11(8-13(21)22)20-14(23)19-10-4-3-5-12(7-10)24-15(16,17)18/h3-5,7,11H,2,6,8-9H2,1H3,(H2,19,20,23)/t11-/m0/s1. The molecule has 2 N–H and O–H groups in total. The summed E-state index contributed by atoms with van der Waals surface area (Å²) >= 11 is -0.242. The third-order valence-electron chi connectivity index (χ3n) is 3.37. The van der Waals surface area contributed by atoms with Crippen LogP contribution in [-0.4, -0.2) is 41.5 Å². The van der Waals surface area contributed by atoms with Crippen LogP contribution in [0.1, 0.15) is 19.8 Å². The summed E-state index contributed by atoms with van der Waals surface area (Å²) in [5.41, 5.74) is -4.12. The smallest absolute Gasteiger partial charge is 0.341 e. The molecule has 0 bridgehead atoms. The van der Waals surface area contributed by atoms with Crippen LogP contribution in [0.15, 0.2) is 29.2 Å². The van der Waals surface area contributed by atoms with E-state index in [4.69, 9.17) is 0 Å². The third kappa shape index (κ3) is 5.63.